The molecule has 1 N–H and O–H groups in total. The molecule has 0 unspecified atom stereocenters. The topological polar surface area (TPSA) is 28.9 Å². The average molecular weight is 183 g/mol. The highest BCUT2D eigenvalue weighted by Crippen LogP contribution is 1.90. The smallest absolute Gasteiger partial charge is 0.256 e. The second kappa shape index (κ2) is 5.75. The van der Waals surface area contributed by atoms with Crippen molar-refractivity contribution in [3.8, 4) is 0 Å². The summed E-state index contributed by atoms with van der Waals surface area (Å²) in [6, 6.07) is 0. The van der Waals surface area contributed by atoms with Crippen LogP contribution in [-0.4, -0.2) is 18.2 Å². The summed E-state index contributed by atoms with van der Waals surface area (Å²) in [5.41, 5.74) is 0. The van der Waals surface area contributed by atoms with Crippen LogP contribution >= 0.6 is 0 Å². The molecule has 0 aliphatic carbocycles. The number of aromatic amines is 1. The van der Waals surface area contributed by atoms with Crippen molar-refractivity contribution in [3.05, 3.63) is 18.2 Å². The lowest BCUT2D eigenvalue weighted by molar-refractivity contribution is -0.699. The fourth-order valence-electron chi connectivity index (χ4n) is 1.32. The minimum absolute atomic E-state index is 0.814. The van der Waals surface area contributed by atoms with Crippen molar-refractivity contribution in [2.45, 2.75) is 33.2 Å². The van der Waals surface area contributed by atoms with Crippen molar-refractivity contribution in [1.82, 2.24) is 4.98 Å². The van der Waals surface area contributed by atoms with Gasteiger partial charge in [0.05, 0.1) is 19.6 Å². The molecule has 1 rings (SSSR count). The molecule has 0 atom stereocenters. The molecule has 0 bridgehead atoms. The van der Waals surface area contributed by atoms with Crippen molar-refractivity contribution in [2.24, 2.45) is 0 Å². The van der Waals surface area contributed by atoms with E-state index in [1.54, 1.807) is 0 Å². The van der Waals surface area contributed by atoms with E-state index in [0.29, 0.717) is 0 Å². The second-order valence-corrected chi connectivity index (χ2v) is 3.06. The quantitative estimate of drug-likeness (QED) is 0.522. The van der Waals surface area contributed by atoms with Crippen molar-refractivity contribution >= 4 is 0 Å². The summed E-state index contributed by atoms with van der Waals surface area (Å²) >= 11 is 0. The minimum Gasteiger partial charge on any atom is -0.381 e. The Morgan fingerprint density at radius 2 is 2.23 bits per heavy atom. The molecule has 3 nitrogen and oxygen atoms in total. The maximum Gasteiger partial charge on any atom is 0.256 e. The molecule has 0 aromatic carbocycles. The van der Waals surface area contributed by atoms with Crippen LogP contribution in [-0.2, 0) is 17.7 Å². The lowest BCUT2D eigenvalue weighted by Gasteiger charge is -1.99. The number of aromatic nitrogens is 2. The van der Waals surface area contributed by atoms with Gasteiger partial charge < -0.3 is 4.74 Å². The second-order valence-electron chi connectivity index (χ2n) is 3.06. The molecule has 0 saturated heterocycles. The summed E-state index contributed by atoms with van der Waals surface area (Å²) in [6.07, 6.45) is 6.10. The van der Waals surface area contributed by atoms with Gasteiger partial charge >= 0.3 is 0 Å². The molecule has 0 aliphatic heterocycles. The highest BCUT2D eigenvalue weighted by atomic mass is 16.5. The molecular formula is C10H19N2O+. The first-order valence-electron chi connectivity index (χ1n) is 5.02. The van der Waals surface area contributed by atoms with Crippen molar-refractivity contribution in [3.63, 3.8) is 0 Å². The molecule has 1 heterocycles. The van der Waals surface area contributed by atoms with Gasteiger partial charge in [-0.1, -0.05) is 6.92 Å². The molecule has 0 amide bonds. The first kappa shape index (κ1) is 10.3. The Morgan fingerprint density at radius 1 is 1.38 bits per heavy atom. The Morgan fingerprint density at radius 3 is 2.92 bits per heavy atom. The van der Waals surface area contributed by atoms with Crippen LogP contribution < -0.4 is 4.57 Å². The lowest BCUT2D eigenvalue weighted by Crippen LogP contribution is -2.35. The standard InChI is InChI=1S/C10H18N2O/c1-3-8-13-9-5-10-11-6-7-12(10)4-2/h6-7H,3-5,8-9H2,1-2H3/p+1. The van der Waals surface area contributed by atoms with Crippen molar-refractivity contribution < 1.29 is 9.30 Å². The summed E-state index contributed by atoms with van der Waals surface area (Å²) in [5.74, 6) is 1.25. The predicted molar refractivity (Wildman–Crippen MR) is 51.5 cm³/mol. The predicted octanol–water partition coefficient (Wildman–Crippen LogP) is 1.29. The third-order valence-corrected chi connectivity index (χ3v) is 2.02. The molecule has 0 saturated carbocycles. The monoisotopic (exact) mass is 183 g/mol. The van der Waals surface area contributed by atoms with E-state index in [-0.39, 0.29) is 0 Å². The first-order valence-corrected chi connectivity index (χ1v) is 5.02. The van der Waals surface area contributed by atoms with Gasteiger partial charge in [0.15, 0.2) is 0 Å². The van der Waals surface area contributed by atoms with Crippen LogP contribution in [0.25, 0.3) is 0 Å². The van der Waals surface area contributed by atoms with Crippen LogP contribution in [0.1, 0.15) is 26.1 Å². The van der Waals surface area contributed by atoms with Crippen LogP contribution in [0.2, 0.25) is 0 Å². The fourth-order valence-corrected chi connectivity index (χ4v) is 1.32. The van der Waals surface area contributed by atoms with Crippen molar-refractivity contribution in [2.75, 3.05) is 13.2 Å². The molecule has 74 valence electrons. The van der Waals surface area contributed by atoms with Gasteiger partial charge in [-0.05, 0) is 13.3 Å². The number of aryl methyl sites for hydroxylation is 1. The number of nitrogens with one attached hydrogen (secondary N) is 1. The van der Waals surface area contributed by atoms with E-state index in [4.69, 9.17) is 4.74 Å². The summed E-state index contributed by atoms with van der Waals surface area (Å²) in [7, 11) is 0. The molecular weight excluding hydrogens is 164 g/mol. The third kappa shape index (κ3) is 3.19. The molecule has 0 radical (unpaired) electrons. The summed E-state index contributed by atoms with van der Waals surface area (Å²) in [6.45, 7) is 6.97. The Balaban J connectivity index is 2.27. The number of hydrogen-bond acceptors (Lipinski definition) is 1. The van der Waals surface area contributed by atoms with E-state index < -0.39 is 0 Å². The van der Waals surface area contributed by atoms with Gasteiger partial charge in [-0.2, -0.15) is 0 Å². The maximum absolute atomic E-state index is 5.42. The zero-order valence-corrected chi connectivity index (χ0v) is 8.55. The van der Waals surface area contributed by atoms with E-state index in [1.165, 1.54) is 5.82 Å². The molecule has 1 aromatic heterocycles. The number of hydrogen-bond donors (Lipinski definition) is 1. The highest BCUT2D eigenvalue weighted by molar-refractivity contribution is 4.76. The van der Waals surface area contributed by atoms with E-state index in [1.807, 2.05) is 6.20 Å². The summed E-state index contributed by atoms with van der Waals surface area (Å²) in [5, 5.41) is 0. The molecule has 1 aromatic rings. The molecule has 3 heteroatoms. The SMILES string of the molecule is CCCOCCc1[nH]cc[n+]1CC. The number of imidazole rings is 1. The molecule has 0 fully saturated rings. The molecule has 0 aliphatic rings. The van der Waals surface area contributed by atoms with Gasteiger partial charge in [0.25, 0.3) is 5.82 Å². The van der Waals surface area contributed by atoms with Crippen molar-refractivity contribution in [1.29, 1.82) is 0 Å². The number of ether oxygens (including phenoxy) is 1. The van der Waals surface area contributed by atoms with Crippen LogP contribution in [0, 0.1) is 0 Å². The van der Waals surface area contributed by atoms with E-state index in [0.717, 1.165) is 32.6 Å². The van der Waals surface area contributed by atoms with E-state index in [2.05, 4.69) is 29.6 Å². The Bertz CT molecular complexity index is 233. The fraction of sp³-hybridized carbons (Fsp3) is 0.700. The normalized spacial score (nSPS) is 10.6. The number of H-pyrrole nitrogens is 1. The Kier molecular flexibility index (Phi) is 4.54. The number of nitrogens with zero attached hydrogens (tertiary/aromatic N) is 1. The van der Waals surface area contributed by atoms with Crippen LogP contribution in [0.5, 0.6) is 0 Å². The van der Waals surface area contributed by atoms with E-state index in [9.17, 15) is 0 Å². The van der Waals surface area contributed by atoms with Gasteiger partial charge in [0, 0.05) is 6.61 Å². The van der Waals surface area contributed by atoms with Gasteiger partial charge in [0.1, 0.15) is 12.4 Å². The van der Waals surface area contributed by atoms with Crippen LogP contribution in [0.3, 0.4) is 0 Å². The van der Waals surface area contributed by atoms with Crippen LogP contribution in [0.15, 0.2) is 12.4 Å². The molecule has 13 heavy (non-hydrogen) atoms. The third-order valence-electron chi connectivity index (χ3n) is 2.02. The van der Waals surface area contributed by atoms with Crippen LogP contribution in [0.4, 0.5) is 0 Å². The van der Waals surface area contributed by atoms with Gasteiger partial charge in [-0.15, -0.1) is 0 Å². The Hall–Kier alpha value is -0.830. The maximum atomic E-state index is 5.42. The highest BCUT2D eigenvalue weighted by Gasteiger charge is 2.07. The zero-order valence-electron chi connectivity index (χ0n) is 8.55. The van der Waals surface area contributed by atoms with Gasteiger partial charge in [-0.25, -0.2) is 9.55 Å². The first-order chi connectivity index (χ1) is 6.38. The lowest BCUT2D eigenvalue weighted by atomic mass is 10.4. The molecule has 0 spiro atoms. The average Bonchev–Trinajstić information content (AvgIpc) is 2.60. The summed E-state index contributed by atoms with van der Waals surface area (Å²) in [4.78, 5) is 3.22. The summed E-state index contributed by atoms with van der Waals surface area (Å²) < 4.78 is 7.63. The van der Waals surface area contributed by atoms with E-state index >= 15 is 0 Å². The Labute approximate surface area is 79.7 Å². The number of rotatable bonds is 6. The van der Waals surface area contributed by atoms with Gasteiger partial charge in [-0.3, -0.25) is 0 Å². The van der Waals surface area contributed by atoms with Gasteiger partial charge in [0.2, 0.25) is 0 Å². The zero-order chi connectivity index (χ0) is 9.52. The largest absolute Gasteiger partial charge is 0.381 e. The minimum atomic E-state index is 0.814.